The average molecular weight is 482 g/mol. The van der Waals surface area contributed by atoms with E-state index in [0.29, 0.717) is 29.4 Å². The Balaban J connectivity index is 1.35. The van der Waals surface area contributed by atoms with Gasteiger partial charge >= 0.3 is 6.03 Å². The number of benzene rings is 3. The molecule has 5 rings (SSSR count). The Morgan fingerprint density at radius 2 is 1.75 bits per heavy atom. The van der Waals surface area contributed by atoms with Crippen molar-refractivity contribution in [2.45, 2.75) is 13.2 Å². The summed E-state index contributed by atoms with van der Waals surface area (Å²) in [5.41, 5.74) is 1.37. The number of hydrogen-bond acceptors (Lipinski definition) is 6. The molecule has 1 aromatic heterocycles. The van der Waals surface area contributed by atoms with Crippen molar-refractivity contribution in [1.82, 2.24) is 10.2 Å². The Morgan fingerprint density at radius 3 is 2.53 bits per heavy atom. The molecule has 3 aromatic carbocycles. The van der Waals surface area contributed by atoms with Gasteiger partial charge in [-0.2, -0.15) is 0 Å². The van der Waals surface area contributed by atoms with Crippen molar-refractivity contribution in [3.63, 3.8) is 0 Å². The van der Waals surface area contributed by atoms with Crippen LogP contribution in [0.25, 0.3) is 16.8 Å². The van der Waals surface area contributed by atoms with E-state index >= 15 is 0 Å². The minimum absolute atomic E-state index is 0.0901. The predicted octanol–water partition coefficient (Wildman–Crippen LogP) is 4.68. The highest BCUT2D eigenvalue weighted by Crippen LogP contribution is 2.30. The van der Waals surface area contributed by atoms with Crippen LogP contribution in [0, 0.1) is 0 Å². The minimum atomic E-state index is -0.798. The van der Waals surface area contributed by atoms with Gasteiger partial charge in [-0.15, -0.1) is 0 Å². The Labute approximate surface area is 206 Å². The highest BCUT2D eigenvalue weighted by Gasteiger charge is 2.36. The predicted molar refractivity (Wildman–Crippen MR) is 132 cm³/mol. The number of nitrogens with one attached hydrogen (secondary N) is 1. The van der Waals surface area contributed by atoms with E-state index in [1.54, 1.807) is 30.3 Å². The first-order chi connectivity index (χ1) is 17.5. The lowest BCUT2D eigenvalue weighted by atomic mass is 10.1. The van der Waals surface area contributed by atoms with Crippen molar-refractivity contribution in [1.29, 1.82) is 0 Å². The van der Waals surface area contributed by atoms with Crippen LogP contribution in [0.3, 0.4) is 0 Å². The van der Waals surface area contributed by atoms with Gasteiger partial charge in [-0.05, 0) is 58.3 Å². The molecule has 0 spiro atoms. The fraction of sp³-hybridized carbons (Fsp3) is 0.107. The number of fused-ring (bicyclic) bond motifs is 1. The van der Waals surface area contributed by atoms with E-state index in [2.05, 4.69) is 17.4 Å². The smallest absolute Gasteiger partial charge is 0.331 e. The molecule has 0 radical (unpaired) electrons. The summed E-state index contributed by atoms with van der Waals surface area (Å²) in [4.78, 5) is 38.5. The molecule has 0 bridgehead atoms. The first-order valence-corrected chi connectivity index (χ1v) is 11.2. The van der Waals surface area contributed by atoms with Gasteiger partial charge in [0.15, 0.2) is 11.5 Å². The number of methoxy groups -OCH3 is 1. The zero-order valence-corrected chi connectivity index (χ0v) is 19.4. The van der Waals surface area contributed by atoms with Gasteiger partial charge < -0.3 is 13.9 Å². The van der Waals surface area contributed by atoms with Crippen LogP contribution in [0.4, 0.5) is 4.79 Å². The second kappa shape index (κ2) is 9.79. The number of rotatable bonds is 7. The van der Waals surface area contributed by atoms with Crippen LogP contribution in [0.1, 0.15) is 16.9 Å². The third-order valence-corrected chi connectivity index (χ3v) is 5.79. The average Bonchev–Trinajstić information content (AvgIpc) is 3.41. The lowest BCUT2D eigenvalue weighted by Gasteiger charge is -2.25. The van der Waals surface area contributed by atoms with Crippen LogP contribution in [0.15, 0.2) is 89.0 Å². The molecule has 4 aromatic rings. The Kier molecular flexibility index (Phi) is 6.23. The molecule has 1 aliphatic heterocycles. The summed E-state index contributed by atoms with van der Waals surface area (Å²) in [7, 11) is 1.51. The number of hydrogen-bond donors (Lipinski definition) is 1. The van der Waals surface area contributed by atoms with E-state index < -0.39 is 17.8 Å². The molecule has 8 heteroatoms. The van der Waals surface area contributed by atoms with Crippen LogP contribution >= 0.6 is 0 Å². The zero-order chi connectivity index (χ0) is 25.1. The van der Waals surface area contributed by atoms with Crippen LogP contribution < -0.4 is 14.8 Å². The maximum absolute atomic E-state index is 12.9. The summed E-state index contributed by atoms with van der Waals surface area (Å²) >= 11 is 0. The van der Waals surface area contributed by atoms with Gasteiger partial charge in [0.2, 0.25) is 0 Å². The number of imide groups is 2. The zero-order valence-electron chi connectivity index (χ0n) is 19.4. The Bertz CT molecular complexity index is 1490. The minimum Gasteiger partial charge on any atom is -0.493 e. The lowest BCUT2D eigenvalue weighted by Crippen LogP contribution is -2.53. The molecule has 1 aliphatic rings. The quantitative estimate of drug-likeness (QED) is 0.303. The number of carbonyl (C=O) groups excluding carboxylic acids is 3. The number of nitrogens with zero attached hydrogens (tertiary/aromatic N) is 1. The van der Waals surface area contributed by atoms with Gasteiger partial charge in [-0.25, -0.2) is 4.79 Å². The summed E-state index contributed by atoms with van der Waals surface area (Å²) in [6, 6.07) is 21.8. The highest BCUT2D eigenvalue weighted by atomic mass is 16.5. The number of carbonyl (C=O) groups is 3. The monoisotopic (exact) mass is 482 g/mol. The Hall–Kier alpha value is -4.85. The fourth-order valence-electron chi connectivity index (χ4n) is 3.95. The van der Waals surface area contributed by atoms with Crippen molar-refractivity contribution in [3.8, 4) is 11.5 Å². The van der Waals surface area contributed by atoms with Crippen molar-refractivity contribution >= 4 is 34.7 Å². The first-order valence-electron chi connectivity index (χ1n) is 11.2. The van der Waals surface area contributed by atoms with E-state index in [9.17, 15) is 14.4 Å². The maximum Gasteiger partial charge on any atom is 0.331 e. The summed E-state index contributed by atoms with van der Waals surface area (Å²) in [5, 5.41) is 4.48. The molecule has 36 heavy (non-hydrogen) atoms. The van der Waals surface area contributed by atoms with Crippen molar-refractivity contribution in [2.24, 2.45) is 0 Å². The van der Waals surface area contributed by atoms with Crippen LogP contribution in [0.2, 0.25) is 0 Å². The molecule has 0 aliphatic carbocycles. The van der Waals surface area contributed by atoms with E-state index in [4.69, 9.17) is 13.9 Å². The number of barbiturate groups is 1. The number of amides is 4. The number of urea groups is 1. The number of ether oxygens (including phenoxy) is 2. The molecule has 0 saturated carbocycles. The number of furan rings is 1. The van der Waals surface area contributed by atoms with E-state index in [1.807, 2.05) is 30.3 Å². The molecule has 1 fully saturated rings. The van der Waals surface area contributed by atoms with E-state index in [1.165, 1.54) is 19.4 Å². The molecule has 1 N–H and O–H groups in total. The molecule has 0 unspecified atom stereocenters. The third-order valence-electron chi connectivity index (χ3n) is 5.79. The van der Waals surface area contributed by atoms with Gasteiger partial charge in [-0.3, -0.25) is 19.8 Å². The summed E-state index contributed by atoms with van der Waals surface area (Å²) in [6.45, 7) is 0.250. The van der Waals surface area contributed by atoms with Gasteiger partial charge in [0, 0.05) is 0 Å². The first kappa shape index (κ1) is 22.9. The highest BCUT2D eigenvalue weighted by molar-refractivity contribution is 6.30. The molecule has 8 nitrogen and oxygen atoms in total. The van der Waals surface area contributed by atoms with E-state index in [-0.39, 0.29) is 12.1 Å². The molecule has 0 atom stereocenters. The third kappa shape index (κ3) is 4.69. The van der Waals surface area contributed by atoms with Gasteiger partial charge in [0.05, 0.1) is 19.9 Å². The topological polar surface area (TPSA) is 98.1 Å². The molecule has 1 saturated heterocycles. The standard InChI is InChI=1S/C28H22N2O6/c1-34-25-15-18(9-11-24(25)36-17-19-8-10-20-5-2-3-6-21(20)13-19)14-23-26(31)29-28(33)30(27(23)32)16-22-7-4-12-35-22/h2-15H,16-17H2,1H3,(H,29,31,33). The second-order valence-corrected chi connectivity index (χ2v) is 8.17. The molecule has 180 valence electrons. The van der Waals surface area contributed by atoms with E-state index in [0.717, 1.165) is 21.2 Å². The van der Waals surface area contributed by atoms with Crippen molar-refractivity contribution in [3.05, 3.63) is 102 Å². The Morgan fingerprint density at radius 1 is 0.917 bits per heavy atom. The van der Waals surface area contributed by atoms with Gasteiger partial charge in [-0.1, -0.05) is 42.5 Å². The summed E-state index contributed by atoms with van der Waals surface area (Å²) in [6.07, 6.45) is 2.86. The molecule has 2 heterocycles. The molecular formula is C28H22N2O6. The van der Waals surface area contributed by atoms with Crippen molar-refractivity contribution < 1.29 is 28.3 Å². The molecule has 4 amide bonds. The van der Waals surface area contributed by atoms with Crippen molar-refractivity contribution in [2.75, 3.05) is 7.11 Å². The maximum atomic E-state index is 12.9. The summed E-state index contributed by atoms with van der Waals surface area (Å²) < 4.78 is 16.7. The fourth-order valence-corrected chi connectivity index (χ4v) is 3.95. The SMILES string of the molecule is COc1cc(C=C2C(=O)NC(=O)N(Cc3ccco3)C2=O)ccc1OCc1ccc2ccccc2c1. The van der Waals surface area contributed by atoms with Gasteiger partial charge in [0.25, 0.3) is 11.8 Å². The second-order valence-electron chi connectivity index (χ2n) is 8.17. The normalized spacial score (nSPS) is 14.9. The van der Waals surface area contributed by atoms with Crippen LogP contribution in [-0.4, -0.2) is 29.9 Å². The largest absolute Gasteiger partial charge is 0.493 e. The summed E-state index contributed by atoms with van der Waals surface area (Å²) in [5.74, 6) is -0.104. The molecular weight excluding hydrogens is 460 g/mol. The lowest BCUT2D eigenvalue weighted by molar-refractivity contribution is -0.130. The van der Waals surface area contributed by atoms with Gasteiger partial charge in [0.1, 0.15) is 17.9 Å². The van der Waals surface area contributed by atoms with Crippen LogP contribution in [0.5, 0.6) is 11.5 Å². The van der Waals surface area contributed by atoms with Crippen LogP contribution in [-0.2, 0) is 22.7 Å².